The number of ether oxygens (including phenoxy) is 2. The van der Waals surface area contributed by atoms with E-state index >= 15 is 0 Å². The highest BCUT2D eigenvalue weighted by Crippen LogP contribution is 2.24. The van der Waals surface area contributed by atoms with Crippen molar-refractivity contribution in [3.63, 3.8) is 0 Å². The predicted molar refractivity (Wildman–Crippen MR) is 72.3 cm³/mol. The zero-order valence-electron chi connectivity index (χ0n) is 12.4. The zero-order valence-corrected chi connectivity index (χ0v) is 12.4. The van der Waals surface area contributed by atoms with Crippen LogP contribution in [-0.4, -0.2) is 29.8 Å². The maximum absolute atomic E-state index is 12.1. The molecule has 0 radical (unpaired) electrons. The Balaban J connectivity index is 2.73. The van der Waals surface area contributed by atoms with Crippen LogP contribution in [0.25, 0.3) is 0 Å². The molecule has 0 aliphatic rings. The Bertz CT molecular complexity index is 494. The molecule has 1 aromatic carbocycles. The molecule has 1 unspecified atom stereocenters. The Morgan fingerprint density at radius 3 is 2.18 bits per heavy atom. The summed E-state index contributed by atoms with van der Waals surface area (Å²) in [7, 11) is 0. The van der Waals surface area contributed by atoms with Gasteiger partial charge in [0.25, 0.3) is 0 Å². The summed E-state index contributed by atoms with van der Waals surface area (Å²) < 4.78 is 45.0. The Morgan fingerprint density at radius 2 is 1.77 bits per heavy atom. The SMILES string of the molecule is CC(C)(C)OC(=O)NC(CO)c1ccc(OC(F)(F)F)cc1. The van der Waals surface area contributed by atoms with E-state index in [1.54, 1.807) is 20.8 Å². The standard InChI is InChI=1S/C14H18F3NO4/c1-13(2,3)22-12(20)18-11(8-19)9-4-6-10(7-5-9)21-14(15,16)17/h4-7,11,19H,8H2,1-3H3,(H,18,20). The molecular weight excluding hydrogens is 303 g/mol. The summed E-state index contributed by atoms with van der Waals surface area (Å²) in [6, 6.07) is 4.04. The minimum absolute atomic E-state index is 0.384. The smallest absolute Gasteiger partial charge is 0.444 e. The highest BCUT2D eigenvalue weighted by Gasteiger charge is 2.31. The lowest BCUT2D eigenvalue weighted by Crippen LogP contribution is -2.36. The van der Waals surface area contributed by atoms with Crippen molar-refractivity contribution in [1.82, 2.24) is 5.32 Å². The molecule has 0 saturated heterocycles. The quantitative estimate of drug-likeness (QED) is 0.894. The van der Waals surface area contributed by atoms with Crippen LogP contribution in [0.5, 0.6) is 5.75 Å². The number of halogens is 3. The fourth-order valence-corrected chi connectivity index (χ4v) is 1.59. The second-order valence-corrected chi connectivity index (χ2v) is 5.50. The summed E-state index contributed by atoms with van der Waals surface area (Å²) in [6.07, 6.45) is -5.51. The molecule has 0 aliphatic heterocycles. The van der Waals surface area contributed by atoms with E-state index in [1.165, 1.54) is 12.1 Å². The number of hydrogen-bond acceptors (Lipinski definition) is 4. The van der Waals surface area contributed by atoms with Crippen molar-refractivity contribution in [3.05, 3.63) is 29.8 Å². The molecule has 2 N–H and O–H groups in total. The minimum atomic E-state index is -4.77. The summed E-state index contributed by atoms with van der Waals surface area (Å²) in [5.41, 5.74) is -0.281. The van der Waals surface area contributed by atoms with Gasteiger partial charge in [-0.2, -0.15) is 0 Å². The van der Waals surface area contributed by atoms with Crippen LogP contribution in [0.2, 0.25) is 0 Å². The Labute approximate surface area is 126 Å². The molecule has 0 spiro atoms. The second-order valence-electron chi connectivity index (χ2n) is 5.50. The largest absolute Gasteiger partial charge is 0.573 e. The number of carbonyl (C=O) groups excluding carboxylic acids is 1. The summed E-state index contributed by atoms with van der Waals surface area (Å²) in [5.74, 6) is -0.384. The Morgan fingerprint density at radius 1 is 1.23 bits per heavy atom. The van der Waals surface area contributed by atoms with Crippen LogP contribution in [-0.2, 0) is 4.74 Å². The third-order valence-corrected chi connectivity index (χ3v) is 2.39. The molecule has 8 heteroatoms. The average molecular weight is 321 g/mol. The summed E-state index contributed by atoms with van der Waals surface area (Å²) >= 11 is 0. The molecule has 1 atom stereocenters. The predicted octanol–water partition coefficient (Wildman–Crippen LogP) is 3.14. The maximum Gasteiger partial charge on any atom is 0.573 e. The van der Waals surface area contributed by atoms with Gasteiger partial charge in [-0.25, -0.2) is 4.79 Å². The maximum atomic E-state index is 12.1. The third kappa shape index (κ3) is 6.66. The van der Waals surface area contributed by atoms with Crippen molar-refractivity contribution < 1.29 is 32.5 Å². The number of rotatable bonds is 4. The van der Waals surface area contributed by atoms with Crippen LogP contribution in [0.1, 0.15) is 32.4 Å². The van der Waals surface area contributed by atoms with E-state index in [4.69, 9.17) is 4.74 Å². The molecule has 22 heavy (non-hydrogen) atoms. The van der Waals surface area contributed by atoms with E-state index < -0.39 is 30.7 Å². The number of alkyl carbamates (subject to hydrolysis) is 1. The van der Waals surface area contributed by atoms with Gasteiger partial charge in [0.05, 0.1) is 12.6 Å². The highest BCUT2D eigenvalue weighted by molar-refractivity contribution is 5.68. The van der Waals surface area contributed by atoms with E-state index in [9.17, 15) is 23.1 Å². The van der Waals surface area contributed by atoms with Crippen molar-refractivity contribution >= 4 is 6.09 Å². The van der Waals surface area contributed by atoms with Crippen LogP contribution in [0.15, 0.2) is 24.3 Å². The number of amides is 1. The minimum Gasteiger partial charge on any atom is -0.444 e. The molecule has 0 aliphatic carbocycles. The highest BCUT2D eigenvalue weighted by atomic mass is 19.4. The average Bonchev–Trinajstić information content (AvgIpc) is 2.33. The first kappa shape index (κ1) is 18.1. The number of hydrogen-bond donors (Lipinski definition) is 2. The van der Waals surface area contributed by atoms with Crippen molar-refractivity contribution in [2.75, 3.05) is 6.61 Å². The molecule has 1 rings (SSSR count). The van der Waals surface area contributed by atoms with Crippen LogP contribution in [0, 0.1) is 0 Å². The van der Waals surface area contributed by atoms with E-state index in [0.717, 1.165) is 12.1 Å². The molecule has 0 bridgehead atoms. The molecule has 0 saturated carbocycles. The van der Waals surface area contributed by atoms with Gasteiger partial charge < -0.3 is 19.9 Å². The summed E-state index contributed by atoms with van der Waals surface area (Å²) in [6.45, 7) is 4.62. The Hall–Kier alpha value is -1.96. The zero-order chi connectivity index (χ0) is 17.0. The van der Waals surface area contributed by atoms with E-state index in [2.05, 4.69) is 10.1 Å². The lowest BCUT2D eigenvalue weighted by atomic mass is 10.1. The van der Waals surface area contributed by atoms with Gasteiger partial charge in [0.2, 0.25) is 0 Å². The van der Waals surface area contributed by atoms with Crippen molar-refractivity contribution in [1.29, 1.82) is 0 Å². The lowest BCUT2D eigenvalue weighted by Gasteiger charge is -2.23. The summed E-state index contributed by atoms with van der Waals surface area (Å²) in [4.78, 5) is 11.6. The second kappa shape index (κ2) is 6.87. The van der Waals surface area contributed by atoms with Gasteiger partial charge in [-0.05, 0) is 38.5 Å². The van der Waals surface area contributed by atoms with Crippen LogP contribution < -0.4 is 10.1 Å². The normalized spacial score (nSPS) is 13.4. The number of benzene rings is 1. The van der Waals surface area contributed by atoms with Crippen molar-refractivity contribution in [2.45, 2.75) is 38.8 Å². The van der Waals surface area contributed by atoms with Crippen molar-refractivity contribution in [3.8, 4) is 5.75 Å². The monoisotopic (exact) mass is 321 g/mol. The topological polar surface area (TPSA) is 67.8 Å². The van der Waals surface area contributed by atoms with Crippen molar-refractivity contribution in [2.24, 2.45) is 0 Å². The number of aliphatic hydroxyl groups excluding tert-OH is 1. The molecule has 0 aromatic heterocycles. The third-order valence-electron chi connectivity index (χ3n) is 2.39. The number of aliphatic hydroxyl groups is 1. The van der Waals surface area contributed by atoms with Gasteiger partial charge in [0.1, 0.15) is 11.4 Å². The van der Waals surface area contributed by atoms with Crippen LogP contribution in [0.3, 0.4) is 0 Å². The summed E-state index contributed by atoms with van der Waals surface area (Å²) in [5, 5.41) is 11.7. The molecule has 124 valence electrons. The number of alkyl halides is 3. The molecule has 0 heterocycles. The molecule has 5 nitrogen and oxygen atoms in total. The van der Waals surface area contributed by atoms with Gasteiger partial charge in [0, 0.05) is 0 Å². The molecule has 1 amide bonds. The number of carbonyl (C=O) groups is 1. The first-order valence-electron chi connectivity index (χ1n) is 6.46. The van der Waals surface area contributed by atoms with E-state index in [0.29, 0.717) is 5.56 Å². The molecule has 1 aromatic rings. The fraction of sp³-hybridized carbons (Fsp3) is 0.500. The fourth-order valence-electron chi connectivity index (χ4n) is 1.59. The van der Waals surface area contributed by atoms with Gasteiger partial charge in [-0.3, -0.25) is 0 Å². The Kier molecular flexibility index (Phi) is 5.65. The van der Waals surface area contributed by atoms with Gasteiger partial charge >= 0.3 is 12.5 Å². The van der Waals surface area contributed by atoms with Crippen LogP contribution in [0.4, 0.5) is 18.0 Å². The van der Waals surface area contributed by atoms with Gasteiger partial charge in [-0.1, -0.05) is 12.1 Å². The number of nitrogens with one attached hydrogen (secondary N) is 1. The van der Waals surface area contributed by atoms with E-state index in [1.807, 2.05) is 0 Å². The van der Waals surface area contributed by atoms with Gasteiger partial charge in [0.15, 0.2) is 0 Å². The molecule has 0 fully saturated rings. The van der Waals surface area contributed by atoms with E-state index in [-0.39, 0.29) is 5.75 Å². The molecular formula is C14H18F3NO4. The first-order chi connectivity index (χ1) is 10.00. The first-order valence-corrected chi connectivity index (χ1v) is 6.46. The van der Waals surface area contributed by atoms with Gasteiger partial charge in [-0.15, -0.1) is 13.2 Å². The lowest BCUT2D eigenvalue weighted by molar-refractivity contribution is -0.274. The van der Waals surface area contributed by atoms with Crippen LogP contribution >= 0.6 is 0 Å².